The molecule has 0 spiro atoms. The van der Waals surface area contributed by atoms with Crippen LogP contribution in [0.15, 0.2) is 59.6 Å². The van der Waals surface area contributed by atoms with Gasteiger partial charge < -0.3 is 0 Å². The van der Waals surface area contributed by atoms with Crippen LogP contribution in [0.25, 0.3) is 0 Å². The van der Waals surface area contributed by atoms with Crippen LogP contribution in [0.1, 0.15) is 11.1 Å². The molecule has 0 atom stereocenters. The normalized spacial score (nSPS) is 10.9. The molecule has 17 heavy (non-hydrogen) atoms. The molecule has 0 aliphatic heterocycles. The van der Waals surface area contributed by atoms with Gasteiger partial charge >= 0.3 is 0 Å². The first-order chi connectivity index (χ1) is 8.34. The molecule has 2 rings (SSSR count). The number of rotatable bonds is 4. The molecule has 0 bridgehead atoms. The summed E-state index contributed by atoms with van der Waals surface area (Å²) in [5.74, 6) is 0. The third-order valence-electron chi connectivity index (χ3n) is 2.46. The van der Waals surface area contributed by atoms with E-state index < -0.39 is 0 Å². The van der Waals surface area contributed by atoms with Gasteiger partial charge in [-0.05, 0) is 29.7 Å². The molecule has 0 unspecified atom stereocenters. The van der Waals surface area contributed by atoms with Crippen LogP contribution in [-0.2, 0) is 6.42 Å². The second-order valence-corrected chi connectivity index (χ2v) is 4.26. The third kappa shape index (κ3) is 4.04. The van der Waals surface area contributed by atoms with Crippen molar-refractivity contribution in [1.82, 2.24) is 0 Å². The largest absolute Gasteiger partial charge is 0.292 e. The van der Waals surface area contributed by atoms with Crippen molar-refractivity contribution in [3.05, 3.63) is 70.7 Å². The minimum Gasteiger partial charge on any atom is -0.292 e. The lowest BCUT2D eigenvalue weighted by Crippen LogP contribution is -1.90. The van der Waals surface area contributed by atoms with Crippen LogP contribution in [0, 0.1) is 0 Å². The molecule has 0 radical (unpaired) electrons. The van der Waals surface area contributed by atoms with E-state index in [1.807, 2.05) is 36.5 Å². The number of nitrogens with zero attached hydrogens (tertiary/aromatic N) is 1. The van der Waals surface area contributed by atoms with E-state index >= 15 is 0 Å². The summed E-state index contributed by atoms with van der Waals surface area (Å²) in [4.78, 5) is 4.39. The molecule has 2 heteroatoms. The number of aliphatic imine (C=N–C) groups is 1. The molecule has 0 aliphatic rings. The zero-order valence-corrected chi connectivity index (χ0v) is 10.3. The lowest BCUT2D eigenvalue weighted by atomic mass is 10.1. The highest BCUT2D eigenvalue weighted by Crippen LogP contribution is 2.08. The van der Waals surface area contributed by atoms with Crippen LogP contribution in [0.5, 0.6) is 0 Å². The molecular weight excluding hydrogens is 230 g/mol. The van der Waals surface area contributed by atoms with Crippen molar-refractivity contribution in [1.29, 1.82) is 0 Å². The Labute approximate surface area is 107 Å². The molecular formula is C15H14ClN. The predicted octanol–water partition coefficient (Wildman–Crippen LogP) is 4.00. The summed E-state index contributed by atoms with van der Waals surface area (Å²) in [5.41, 5.74) is 2.36. The summed E-state index contributed by atoms with van der Waals surface area (Å²) >= 11 is 5.89. The van der Waals surface area contributed by atoms with E-state index in [4.69, 9.17) is 11.6 Å². The summed E-state index contributed by atoms with van der Waals surface area (Å²) in [6.07, 6.45) is 2.84. The van der Waals surface area contributed by atoms with E-state index in [0.29, 0.717) is 0 Å². The van der Waals surface area contributed by atoms with Crippen molar-refractivity contribution in [3.63, 3.8) is 0 Å². The molecule has 0 fully saturated rings. The van der Waals surface area contributed by atoms with Gasteiger partial charge in [0.25, 0.3) is 0 Å². The van der Waals surface area contributed by atoms with E-state index in [1.54, 1.807) is 0 Å². The lowest BCUT2D eigenvalue weighted by Gasteiger charge is -1.97. The third-order valence-corrected chi connectivity index (χ3v) is 2.70. The Kier molecular flexibility index (Phi) is 4.34. The number of halogens is 1. The minimum absolute atomic E-state index is 0.747. The minimum atomic E-state index is 0.747. The average Bonchev–Trinajstić information content (AvgIpc) is 2.36. The Morgan fingerprint density at radius 1 is 1.00 bits per heavy atom. The Hall–Kier alpha value is -1.60. The highest BCUT2D eigenvalue weighted by Gasteiger charge is 1.91. The fourth-order valence-electron chi connectivity index (χ4n) is 1.60. The zero-order chi connectivity index (χ0) is 11.9. The summed E-state index contributed by atoms with van der Waals surface area (Å²) < 4.78 is 0. The quantitative estimate of drug-likeness (QED) is 0.720. The first-order valence-corrected chi connectivity index (χ1v) is 6.02. The SMILES string of the molecule is Clc1cccc(C=NCCc2ccccc2)c1. The number of hydrogen-bond acceptors (Lipinski definition) is 1. The highest BCUT2D eigenvalue weighted by molar-refractivity contribution is 6.30. The van der Waals surface area contributed by atoms with Crippen LogP contribution in [0.2, 0.25) is 5.02 Å². The van der Waals surface area contributed by atoms with Gasteiger partial charge in [0.2, 0.25) is 0 Å². The summed E-state index contributed by atoms with van der Waals surface area (Å²) in [6, 6.07) is 18.1. The summed E-state index contributed by atoms with van der Waals surface area (Å²) in [5, 5.41) is 0.747. The second kappa shape index (κ2) is 6.21. The highest BCUT2D eigenvalue weighted by atomic mass is 35.5. The average molecular weight is 244 g/mol. The fourth-order valence-corrected chi connectivity index (χ4v) is 1.79. The van der Waals surface area contributed by atoms with Gasteiger partial charge in [-0.2, -0.15) is 0 Å². The molecule has 0 aromatic heterocycles. The monoisotopic (exact) mass is 243 g/mol. The van der Waals surface area contributed by atoms with E-state index in [9.17, 15) is 0 Å². The molecule has 1 nitrogen and oxygen atoms in total. The van der Waals surface area contributed by atoms with Crippen LogP contribution >= 0.6 is 11.6 Å². The van der Waals surface area contributed by atoms with Gasteiger partial charge in [0.05, 0.1) is 0 Å². The van der Waals surface area contributed by atoms with Gasteiger partial charge in [0.1, 0.15) is 0 Å². The van der Waals surface area contributed by atoms with Gasteiger partial charge in [-0.1, -0.05) is 54.1 Å². The molecule has 0 N–H and O–H groups in total. The maximum absolute atomic E-state index is 5.89. The Balaban J connectivity index is 1.86. The predicted molar refractivity (Wildman–Crippen MR) is 74.1 cm³/mol. The molecule has 2 aromatic carbocycles. The van der Waals surface area contributed by atoms with E-state index in [-0.39, 0.29) is 0 Å². The van der Waals surface area contributed by atoms with Gasteiger partial charge in [0.15, 0.2) is 0 Å². The smallest absolute Gasteiger partial charge is 0.0429 e. The van der Waals surface area contributed by atoms with Gasteiger partial charge in [-0.25, -0.2) is 0 Å². The van der Waals surface area contributed by atoms with Crippen molar-refractivity contribution < 1.29 is 0 Å². The topological polar surface area (TPSA) is 12.4 Å². The molecule has 86 valence electrons. The molecule has 0 amide bonds. The Bertz CT molecular complexity index is 491. The van der Waals surface area contributed by atoms with Crippen LogP contribution < -0.4 is 0 Å². The van der Waals surface area contributed by atoms with Gasteiger partial charge in [0, 0.05) is 17.8 Å². The summed E-state index contributed by atoms with van der Waals surface area (Å²) in [6.45, 7) is 0.802. The van der Waals surface area contributed by atoms with Crippen molar-refractivity contribution in [2.45, 2.75) is 6.42 Å². The van der Waals surface area contributed by atoms with Crippen LogP contribution in [0.4, 0.5) is 0 Å². The van der Waals surface area contributed by atoms with Crippen molar-refractivity contribution in [2.24, 2.45) is 4.99 Å². The zero-order valence-electron chi connectivity index (χ0n) is 9.51. The maximum Gasteiger partial charge on any atom is 0.0429 e. The van der Waals surface area contributed by atoms with Crippen molar-refractivity contribution in [2.75, 3.05) is 6.54 Å². The molecule has 0 heterocycles. The Morgan fingerprint density at radius 3 is 2.59 bits per heavy atom. The van der Waals surface area contributed by atoms with Crippen molar-refractivity contribution >= 4 is 17.8 Å². The fraction of sp³-hybridized carbons (Fsp3) is 0.133. The number of benzene rings is 2. The number of hydrogen-bond donors (Lipinski definition) is 0. The van der Waals surface area contributed by atoms with E-state index in [1.165, 1.54) is 5.56 Å². The lowest BCUT2D eigenvalue weighted by molar-refractivity contribution is 0.973. The first-order valence-electron chi connectivity index (χ1n) is 5.64. The van der Waals surface area contributed by atoms with Crippen molar-refractivity contribution in [3.8, 4) is 0 Å². The van der Waals surface area contributed by atoms with Gasteiger partial charge in [-0.15, -0.1) is 0 Å². The first kappa shape index (κ1) is 11.9. The standard InChI is InChI=1S/C15H14ClN/c16-15-8-4-7-14(11-15)12-17-10-9-13-5-2-1-3-6-13/h1-8,11-12H,9-10H2. The molecule has 0 saturated carbocycles. The maximum atomic E-state index is 5.89. The van der Waals surface area contributed by atoms with Gasteiger partial charge in [-0.3, -0.25) is 4.99 Å². The molecule has 0 aliphatic carbocycles. The molecule has 2 aromatic rings. The van der Waals surface area contributed by atoms with E-state index in [0.717, 1.165) is 23.6 Å². The van der Waals surface area contributed by atoms with Crippen LogP contribution in [-0.4, -0.2) is 12.8 Å². The Morgan fingerprint density at radius 2 is 1.82 bits per heavy atom. The second-order valence-electron chi connectivity index (χ2n) is 3.83. The summed E-state index contributed by atoms with van der Waals surface area (Å²) in [7, 11) is 0. The molecule has 0 saturated heterocycles. The van der Waals surface area contributed by atoms with E-state index in [2.05, 4.69) is 29.3 Å². The van der Waals surface area contributed by atoms with Crippen LogP contribution in [0.3, 0.4) is 0 Å².